The molecule has 0 saturated carbocycles. The van der Waals surface area contributed by atoms with Crippen LogP contribution in [0.15, 0.2) is 4.99 Å². The molecule has 1 fully saturated rings. The summed E-state index contributed by atoms with van der Waals surface area (Å²) in [6.07, 6.45) is 3.01. The quantitative estimate of drug-likeness (QED) is 0.351. The predicted octanol–water partition coefficient (Wildman–Crippen LogP) is -0.169. The van der Waals surface area contributed by atoms with Crippen LogP contribution in [-0.4, -0.2) is 65.9 Å². The highest BCUT2D eigenvalue weighted by atomic mass is 127. The fourth-order valence-electron chi connectivity index (χ4n) is 2.65. The zero-order valence-electron chi connectivity index (χ0n) is 14.5. The average Bonchev–Trinajstić information content (AvgIpc) is 3.08. The molecule has 1 aliphatic heterocycles. The minimum Gasteiger partial charge on any atom is -0.355 e. The molecule has 0 amide bonds. The smallest absolute Gasteiger partial charge is 0.211 e. The van der Waals surface area contributed by atoms with Crippen molar-refractivity contribution in [3.63, 3.8) is 0 Å². The van der Waals surface area contributed by atoms with Gasteiger partial charge in [0.1, 0.15) is 5.82 Å². The zero-order valence-corrected chi connectivity index (χ0v) is 17.6. The number of guanidine groups is 1. The summed E-state index contributed by atoms with van der Waals surface area (Å²) in [5, 5.41) is 14.4. The first-order valence-electron chi connectivity index (χ1n) is 7.59. The Labute approximate surface area is 160 Å². The number of hydrogen-bond acceptors (Lipinski definition) is 5. The number of nitrogens with zero attached hydrogens (tertiary/aromatic N) is 5. The summed E-state index contributed by atoms with van der Waals surface area (Å²) in [5.41, 5.74) is 0. The van der Waals surface area contributed by atoms with Crippen molar-refractivity contribution in [1.29, 1.82) is 0 Å². The number of hydrogen-bond donors (Lipinski definition) is 2. The van der Waals surface area contributed by atoms with Crippen molar-refractivity contribution in [2.45, 2.75) is 32.4 Å². The summed E-state index contributed by atoms with van der Waals surface area (Å²) in [6.45, 7) is 3.51. The molecule has 0 aliphatic carbocycles. The monoisotopic (exact) mass is 471 g/mol. The Bertz CT molecular complexity index is 674. The standard InChI is InChI=1S/C13H25N7O2S.HI/c1-10-17-18-12(19(10)3)9-16-13(14-2)15-8-11-6-5-7-20(11)23(4,21)22;/h11H,5-9H2,1-4H3,(H2,14,15,16);1H/t11-;/m1./s1. The molecule has 1 aromatic heterocycles. The largest absolute Gasteiger partial charge is 0.355 e. The molecule has 1 aliphatic rings. The zero-order chi connectivity index (χ0) is 17.0. The summed E-state index contributed by atoms with van der Waals surface area (Å²) >= 11 is 0. The van der Waals surface area contributed by atoms with Crippen molar-refractivity contribution in [2.24, 2.45) is 12.0 Å². The molecule has 11 heteroatoms. The van der Waals surface area contributed by atoms with Crippen LogP contribution in [0.3, 0.4) is 0 Å². The number of halogens is 1. The summed E-state index contributed by atoms with van der Waals surface area (Å²) in [4.78, 5) is 4.16. The van der Waals surface area contributed by atoms with E-state index >= 15 is 0 Å². The maximum Gasteiger partial charge on any atom is 0.211 e. The molecule has 1 saturated heterocycles. The Kier molecular flexibility index (Phi) is 7.86. The molecule has 24 heavy (non-hydrogen) atoms. The minimum atomic E-state index is -3.15. The Morgan fingerprint density at radius 2 is 2.08 bits per heavy atom. The van der Waals surface area contributed by atoms with Gasteiger partial charge in [0.05, 0.1) is 12.8 Å². The van der Waals surface area contributed by atoms with Crippen LogP contribution in [0.2, 0.25) is 0 Å². The molecule has 0 spiro atoms. The molecule has 0 radical (unpaired) electrons. The van der Waals surface area contributed by atoms with Gasteiger partial charge >= 0.3 is 0 Å². The fourth-order valence-corrected chi connectivity index (χ4v) is 3.83. The van der Waals surface area contributed by atoms with Crippen molar-refractivity contribution < 1.29 is 8.42 Å². The van der Waals surface area contributed by atoms with Crippen molar-refractivity contribution in [2.75, 3.05) is 26.4 Å². The van der Waals surface area contributed by atoms with Crippen LogP contribution in [0.4, 0.5) is 0 Å². The molecule has 2 N–H and O–H groups in total. The summed E-state index contributed by atoms with van der Waals surface area (Å²) in [5.74, 6) is 2.27. The molecule has 1 atom stereocenters. The van der Waals surface area contributed by atoms with Crippen LogP contribution in [0.1, 0.15) is 24.5 Å². The van der Waals surface area contributed by atoms with Crippen LogP contribution in [0.5, 0.6) is 0 Å². The maximum absolute atomic E-state index is 11.7. The van der Waals surface area contributed by atoms with Gasteiger partial charge in [-0.2, -0.15) is 4.31 Å². The summed E-state index contributed by atoms with van der Waals surface area (Å²) in [6, 6.07) is -0.0272. The van der Waals surface area contributed by atoms with Crippen LogP contribution in [0.25, 0.3) is 0 Å². The molecule has 2 rings (SSSR count). The molecular weight excluding hydrogens is 445 g/mol. The number of sulfonamides is 1. The van der Waals surface area contributed by atoms with Crippen molar-refractivity contribution in [3.8, 4) is 0 Å². The SMILES string of the molecule is CN=C(NCc1nnc(C)n1C)NC[C@H]1CCCN1S(C)(=O)=O.I. The normalized spacial score (nSPS) is 19.2. The first-order chi connectivity index (χ1) is 10.8. The molecule has 1 aromatic rings. The molecule has 138 valence electrons. The van der Waals surface area contributed by atoms with Gasteiger partial charge in [0.15, 0.2) is 11.8 Å². The lowest BCUT2D eigenvalue weighted by Crippen LogP contribution is -2.46. The van der Waals surface area contributed by atoms with E-state index in [4.69, 9.17) is 0 Å². The highest BCUT2D eigenvalue weighted by Gasteiger charge is 2.31. The van der Waals surface area contributed by atoms with Gasteiger partial charge in [-0.05, 0) is 19.8 Å². The summed E-state index contributed by atoms with van der Waals surface area (Å²) in [7, 11) is 0.436. The Hall–Kier alpha value is -0.950. The van der Waals surface area contributed by atoms with Gasteiger partial charge < -0.3 is 15.2 Å². The van der Waals surface area contributed by atoms with Crippen LogP contribution < -0.4 is 10.6 Å². The van der Waals surface area contributed by atoms with Gasteiger partial charge in [0, 0.05) is 33.2 Å². The molecule has 0 unspecified atom stereocenters. The van der Waals surface area contributed by atoms with Crippen molar-refractivity contribution >= 4 is 40.0 Å². The van der Waals surface area contributed by atoms with E-state index in [2.05, 4.69) is 25.8 Å². The Morgan fingerprint density at radius 1 is 1.38 bits per heavy atom. The highest BCUT2D eigenvalue weighted by Crippen LogP contribution is 2.19. The lowest BCUT2D eigenvalue weighted by Gasteiger charge is -2.23. The lowest BCUT2D eigenvalue weighted by molar-refractivity contribution is 0.387. The molecule has 2 heterocycles. The third-order valence-corrected chi connectivity index (χ3v) is 5.41. The number of nitrogens with one attached hydrogen (secondary N) is 2. The fraction of sp³-hybridized carbons (Fsp3) is 0.769. The Morgan fingerprint density at radius 3 is 2.62 bits per heavy atom. The molecule has 9 nitrogen and oxygen atoms in total. The second-order valence-electron chi connectivity index (χ2n) is 5.70. The molecule has 0 aromatic carbocycles. The highest BCUT2D eigenvalue weighted by molar-refractivity contribution is 14.0. The van der Waals surface area contributed by atoms with Gasteiger partial charge in [0.2, 0.25) is 10.0 Å². The van der Waals surface area contributed by atoms with Gasteiger partial charge in [-0.15, -0.1) is 34.2 Å². The van der Waals surface area contributed by atoms with Crippen LogP contribution in [-0.2, 0) is 23.6 Å². The second kappa shape index (κ2) is 8.94. The van der Waals surface area contributed by atoms with Crippen molar-refractivity contribution in [1.82, 2.24) is 29.7 Å². The van der Waals surface area contributed by atoms with E-state index in [-0.39, 0.29) is 30.0 Å². The average molecular weight is 471 g/mol. The van der Waals surface area contributed by atoms with Gasteiger partial charge in [0.25, 0.3) is 0 Å². The molecular formula is C13H26IN7O2S. The minimum absolute atomic E-state index is 0. The van der Waals surface area contributed by atoms with Gasteiger partial charge in [-0.1, -0.05) is 0 Å². The molecule has 0 bridgehead atoms. The van der Waals surface area contributed by atoms with E-state index < -0.39 is 10.0 Å². The van der Waals surface area contributed by atoms with Crippen molar-refractivity contribution in [3.05, 3.63) is 11.6 Å². The van der Waals surface area contributed by atoms with Gasteiger partial charge in [-0.25, -0.2) is 8.42 Å². The number of aromatic nitrogens is 3. The van der Waals surface area contributed by atoms with Gasteiger partial charge in [-0.3, -0.25) is 4.99 Å². The van der Waals surface area contributed by atoms with E-state index in [1.165, 1.54) is 6.26 Å². The number of aliphatic imine (C=N–C) groups is 1. The van der Waals surface area contributed by atoms with E-state index in [0.717, 1.165) is 24.5 Å². The van der Waals surface area contributed by atoms with E-state index in [1.54, 1.807) is 11.4 Å². The lowest BCUT2D eigenvalue weighted by atomic mass is 10.2. The first-order valence-corrected chi connectivity index (χ1v) is 9.44. The van der Waals surface area contributed by atoms with E-state index in [1.807, 2.05) is 18.5 Å². The summed E-state index contributed by atoms with van der Waals surface area (Å²) < 4.78 is 26.9. The maximum atomic E-state index is 11.7. The van der Waals surface area contributed by atoms with E-state index in [0.29, 0.717) is 25.6 Å². The van der Waals surface area contributed by atoms with Crippen LogP contribution in [0, 0.1) is 6.92 Å². The third-order valence-electron chi connectivity index (χ3n) is 4.07. The number of aryl methyl sites for hydroxylation is 1. The topological polar surface area (TPSA) is 105 Å². The predicted molar refractivity (Wildman–Crippen MR) is 104 cm³/mol. The number of rotatable bonds is 5. The van der Waals surface area contributed by atoms with Crippen LogP contribution >= 0.6 is 24.0 Å². The first kappa shape index (κ1) is 21.1. The van der Waals surface area contributed by atoms with E-state index in [9.17, 15) is 8.42 Å². The second-order valence-corrected chi connectivity index (χ2v) is 7.63. The Balaban J connectivity index is 0.00000288. The third kappa shape index (κ3) is 5.28.